The predicted octanol–water partition coefficient (Wildman–Crippen LogP) is 4.96. The van der Waals surface area contributed by atoms with Gasteiger partial charge in [-0.25, -0.2) is 0 Å². The van der Waals surface area contributed by atoms with Gasteiger partial charge >= 0.3 is 0 Å². The van der Waals surface area contributed by atoms with E-state index in [0.29, 0.717) is 13.0 Å². The summed E-state index contributed by atoms with van der Waals surface area (Å²) in [6.07, 6.45) is 6.76. The number of anilines is 1. The van der Waals surface area contributed by atoms with Gasteiger partial charge in [0.2, 0.25) is 5.52 Å². The number of hydrogen-bond acceptors (Lipinski definition) is 8. The van der Waals surface area contributed by atoms with Crippen LogP contribution in [0.1, 0.15) is 37.3 Å². The number of thioether (sulfide) groups is 1. The molecule has 0 saturated carbocycles. The molecule has 4 rings (SSSR count). The summed E-state index contributed by atoms with van der Waals surface area (Å²) < 4.78 is 68.1. The lowest BCUT2D eigenvalue weighted by atomic mass is 10.1. The Morgan fingerprint density at radius 2 is 1.66 bits per heavy atom. The first-order chi connectivity index (χ1) is 17.4. The van der Waals surface area contributed by atoms with Crippen molar-refractivity contribution in [1.29, 1.82) is 0 Å². The van der Waals surface area contributed by atoms with Crippen LogP contribution in [0.2, 0.25) is 0 Å². The van der Waals surface area contributed by atoms with E-state index in [4.69, 9.17) is 0 Å². The molecule has 1 aromatic heterocycles. The minimum absolute atomic E-state index is 0. The summed E-state index contributed by atoms with van der Waals surface area (Å²) >= 11 is 3.19. The Morgan fingerprint density at radius 1 is 0.974 bits per heavy atom. The Labute approximate surface area is 231 Å². The zero-order chi connectivity index (χ0) is 26.8. The third-order valence-corrected chi connectivity index (χ3v) is 10.9. The normalized spacial score (nSPS) is 16.4. The molecule has 38 heavy (non-hydrogen) atoms. The van der Waals surface area contributed by atoms with Crippen LogP contribution in [0, 0.1) is 0 Å². The van der Waals surface area contributed by atoms with Crippen LogP contribution in [0.3, 0.4) is 0 Å². The maximum Gasteiger partial charge on any atom is 0.267 e. The van der Waals surface area contributed by atoms with E-state index < -0.39 is 30.7 Å². The van der Waals surface area contributed by atoms with Crippen molar-refractivity contribution in [3.8, 4) is 0 Å². The lowest BCUT2D eigenvalue weighted by Crippen LogP contribution is -2.38. The van der Waals surface area contributed by atoms with E-state index in [1.165, 1.54) is 13.8 Å². The number of aryl methyl sites for hydroxylation is 2. The van der Waals surface area contributed by atoms with Gasteiger partial charge in [0, 0.05) is 23.0 Å². The first-order valence-corrected chi connectivity index (χ1v) is 16.4. The summed E-state index contributed by atoms with van der Waals surface area (Å²) in [5.74, 6) is 0. The minimum Gasteiger partial charge on any atom is -0.870 e. The van der Waals surface area contributed by atoms with Gasteiger partial charge in [-0.1, -0.05) is 53.4 Å². The Bertz CT molecular complexity index is 1550. The van der Waals surface area contributed by atoms with Gasteiger partial charge < -0.3 is 10.8 Å². The molecule has 0 radical (unpaired) electrons. The Kier molecular flexibility index (Phi) is 9.79. The third-order valence-electron chi connectivity index (χ3n) is 6.28. The highest BCUT2D eigenvalue weighted by molar-refractivity contribution is 8.03. The van der Waals surface area contributed by atoms with Crippen molar-refractivity contribution in [2.45, 2.75) is 55.1 Å². The molecule has 2 heterocycles. The molecular weight excluding hydrogens is 569 g/mol. The van der Waals surface area contributed by atoms with Crippen LogP contribution in [-0.2, 0) is 33.2 Å². The molecule has 206 valence electrons. The van der Waals surface area contributed by atoms with Gasteiger partial charge in [0.15, 0.2) is 6.54 Å². The first-order valence-electron chi connectivity index (χ1n) is 11.7. The van der Waals surface area contributed by atoms with Crippen molar-refractivity contribution in [2.75, 3.05) is 5.32 Å². The van der Waals surface area contributed by atoms with Crippen LogP contribution in [0.15, 0.2) is 64.5 Å². The number of nitrogens with one attached hydrogen (secondary N) is 1. The fraction of sp³-hybridized carbons (Fsp3) is 0.320. The summed E-state index contributed by atoms with van der Waals surface area (Å²) in [7, 11) is -8.30. The van der Waals surface area contributed by atoms with Gasteiger partial charge in [0.05, 0.1) is 21.2 Å². The second-order valence-electron chi connectivity index (χ2n) is 8.95. The average Bonchev–Trinajstić information content (AvgIpc) is 3.40. The van der Waals surface area contributed by atoms with Gasteiger partial charge in [-0.05, 0) is 51.0 Å². The van der Waals surface area contributed by atoms with Crippen LogP contribution >= 0.6 is 23.1 Å². The van der Waals surface area contributed by atoms with Crippen molar-refractivity contribution in [3.05, 3.63) is 70.2 Å². The van der Waals surface area contributed by atoms with E-state index in [1.807, 2.05) is 59.2 Å². The van der Waals surface area contributed by atoms with Gasteiger partial charge in [-0.3, -0.25) is 9.11 Å². The fourth-order valence-electron chi connectivity index (χ4n) is 3.98. The van der Waals surface area contributed by atoms with Crippen molar-refractivity contribution in [3.63, 3.8) is 0 Å². The summed E-state index contributed by atoms with van der Waals surface area (Å²) in [5, 5.41) is 3.42. The molecule has 4 N–H and O–H groups in total. The number of allylic oxidation sites excluding steroid dienone is 2. The SMILES string of the molecule is CC(CCc1cccc2sc(C=CC=C3Nc4ccccc4S3)[n+](CCC(C)S(=O)(=O)O)c12)S(=O)(=O)O.[OH-]. The van der Waals surface area contributed by atoms with Crippen molar-refractivity contribution >= 4 is 65.3 Å². The molecule has 2 atom stereocenters. The molecule has 0 aliphatic carbocycles. The molecular formula is C25H30N2O7S4. The topological polar surface area (TPSA) is 155 Å². The van der Waals surface area contributed by atoms with Crippen molar-refractivity contribution in [1.82, 2.24) is 0 Å². The minimum atomic E-state index is -4.17. The quantitative estimate of drug-likeness (QED) is 0.217. The van der Waals surface area contributed by atoms with Crippen LogP contribution in [-0.4, -0.2) is 41.9 Å². The monoisotopic (exact) mass is 598 g/mol. The molecule has 0 fully saturated rings. The largest absolute Gasteiger partial charge is 0.870 e. The molecule has 0 amide bonds. The predicted molar refractivity (Wildman–Crippen MR) is 152 cm³/mol. The zero-order valence-corrected chi connectivity index (χ0v) is 24.1. The maximum atomic E-state index is 11.6. The lowest BCUT2D eigenvalue weighted by molar-refractivity contribution is -0.669. The van der Waals surface area contributed by atoms with E-state index in [9.17, 15) is 25.9 Å². The van der Waals surface area contributed by atoms with E-state index in [1.54, 1.807) is 23.1 Å². The Balaban J connectivity index is 0.00000400. The first kappa shape index (κ1) is 30.3. The van der Waals surface area contributed by atoms with Gasteiger partial charge in [0.1, 0.15) is 4.70 Å². The number of benzene rings is 2. The molecule has 2 unspecified atom stereocenters. The molecule has 13 heteroatoms. The second kappa shape index (κ2) is 12.3. The third kappa shape index (κ3) is 7.23. The standard InChI is InChI=1S/C25H28N2O6S4.H2O/c1-17(36(28,29)30)13-14-19-7-5-10-22-25(19)27(16-15-18(2)37(31,32)33)24(35-22)12-6-11-23-26-20-8-3-4-9-21(20)34-23;/h3-12,17-18H,13-16H2,1-2H3,(H2,28,29,30,31,32,33);1H2. The number of aromatic nitrogens is 1. The number of para-hydroxylation sites is 2. The Morgan fingerprint density at radius 3 is 2.34 bits per heavy atom. The highest BCUT2D eigenvalue weighted by atomic mass is 32.2. The number of rotatable bonds is 10. The maximum absolute atomic E-state index is 11.6. The lowest BCUT2D eigenvalue weighted by Gasteiger charge is -2.09. The van der Waals surface area contributed by atoms with E-state index in [2.05, 4.69) is 11.4 Å². The molecule has 2 aromatic carbocycles. The second-order valence-corrected chi connectivity index (χ2v) is 14.8. The molecule has 3 aromatic rings. The van der Waals surface area contributed by atoms with Gasteiger partial charge in [0.25, 0.3) is 25.2 Å². The van der Waals surface area contributed by atoms with E-state index in [0.717, 1.165) is 36.4 Å². The Hall–Kier alpha value is -2.26. The van der Waals surface area contributed by atoms with Crippen LogP contribution in [0.25, 0.3) is 16.3 Å². The zero-order valence-electron chi connectivity index (χ0n) is 20.8. The molecule has 0 bridgehead atoms. The highest BCUT2D eigenvalue weighted by Crippen LogP contribution is 2.40. The average molecular weight is 599 g/mol. The molecule has 0 spiro atoms. The van der Waals surface area contributed by atoms with Crippen molar-refractivity contribution in [2.24, 2.45) is 0 Å². The summed E-state index contributed by atoms with van der Waals surface area (Å²) in [6.45, 7) is 3.29. The number of hydrogen-bond donors (Lipinski definition) is 3. The number of nitrogens with zero attached hydrogens (tertiary/aromatic N) is 1. The van der Waals surface area contributed by atoms with Crippen LogP contribution in [0.4, 0.5) is 5.69 Å². The number of fused-ring (bicyclic) bond motifs is 2. The van der Waals surface area contributed by atoms with E-state index in [-0.39, 0.29) is 18.3 Å². The van der Waals surface area contributed by atoms with Crippen LogP contribution < -0.4 is 9.88 Å². The van der Waals surface area contributed by atoms with Crippen molar-refractivity contribution < 1.29 is 36.0 Å². The summed E-state index contributed by atoms with van der Waals surface area (Å²) in [5.41, 5.74) is 2.86. The molecule has 0 saturated heterocycles. The smallest absolute Gasteiger partial charge is 0.267 e. The number of thiazole rings is 1. The van der Waals surface area contributed by atoms with Crippen LogP contribution in [0.5, 0.6) is 0 Å². The molecule has 1 aliphatic heterocycles. The summed E-state index contributed by atoms with van der Waals surface area (Å²) in [6, 6.07) is 13.8. The van der Waals surface area contributed by atoms with Gasteiger partial charge in [-0.2, -0.15) is 21.4 Å². The highest BCUT2D eigenvalue weighted by Gasteiger charge is 2.26. The van der Waals surface area contributed by atoms with E-state index >= 15 is 0 Å². The van der Waals surface area contributed by atoms with Gasteiger partial charge in [-0.15, -0.1) is 0 Å². The molecule has 9 nitrogen and oxygen atoms in total. The molecule has 1 aliphatic rings. The summed E-state index contributed by atoms with van der Waals surface area (Å²) in [4.78, 5) is 1.15. The fourth-order valence-corrected chi connectivity index (χ4v) is 6.87.